The van der Waals surface area contributed by atoms with Gasteiger partial charge in [0.25, 0.3) is 0 Å². The molecule has 0 bridgehead atoms. The number of rotatable bonds is 1. The Kier molecular flexibility index (Phi) is 1.48. The summed E-state index contributed by atoms with van der Waals surface area (Å²) >= 11 is 0. The Morgan fingerprint density at radius 3 is 1.67 bits per heavy atom. The van der Waals surface area contributed by atoms with Crippen LogP contribution in [0.5, 0.6) is 0 Å². The van der Waals surface area contributed by atoms with Gasteiger partial charge >= 0.3 is 10.3 Å². The van der Waals surface area contributed by atoms with Crippen molar-refractivity contribution >= 4 is 10.3 Å². The summed E-state index contributed by atoms with van der Waals surface area (Å²) in [4.78, 5) is 0.382. The van der Waals surface area contributed by atoms with Crippen LogP contribution >= 0.6 is 0 Å². The molecule has 0 saturated heterocycles. The molecule has 0 saturated carbocycles. The third-order valence-electron chi connectivity index (χ3n) is 0.105. The highest BCUT2D eigenvalue weighted by Gasteiger charge is 1.95. The first-order valence-corrected chi connectivity index (χ1v) is 2.36. The first kappa shape index (κ1) is 5.83. The van der Waals surface area contributed by atoms with Gasteiger partial charge in [0, 0.05) is 0 Å². The molecule has 0 fully saturated rings. The lowest BCUT2D eigenvalue weighted by Gasteiger charge is -1.79. The van der Waals surface area contributed by atoms with Crippen molar-refractivity contribution in [3.8, 4) is 0 Å². The van der Waals surface area contributed by atoms with Gasteiger partial charge in [-0.3, -0.25) is 4.55 Å². The SMILES string of the molecule is [O]NS(=O)(=O)O. The minimum absolute atomic E-state index is 0.382. The van der Waals surface area contributed by atoms with Gasteiger partial charge in [-0.1, -0.05) is 0 Å². The van der Waals surface area contributed by atoms with E-state index < -0.39 is 10.3 Å². The molecule has 0 aromatic carbocycles. The molecule has 6 heavy (non-hydrogen) atoms. The van der Waals surface area contributed by atoms with Crippen molar-refractivity contribution in [2.45, 2.75) is 0 Å². The molecule has 1 radical (unpaired) electrons. The molecule has 0 aliphatic rings. The molecule has 0 rings (SSSR count). The number of hydrogen-bond donors (Lipinski definition) is 2. The second kappa shape index (κ2) is 1.52. The van der Waals surface area contributed by atoms with Crippen molar-refractivity contribution in [1.82, 2.24) is 4.89 Å². The lowest BCUT2D eigenvalue weighted by Crippen LogP contribution is -2.15. The van der Waals surface area contributed by atoms with Crippen LogP contribution < -0.4 is 4.89 Å². The summed E-state index contributed by atoms with van der Waals surface area (Å²) < 4.78 is 25.6. The maximum absolute atomic E-state index is 9.13. The average Bonchev–Trinajstić information content (AvgIpc) is 1.35. The van der Waals surface area contributed by atoms with E-state index in [1.54, 1.807) is 0 Å². The van der Waals surface area contributed by atoms with Crippen molar-refractivity contribution in [3.63, 3.8) is 0 Å². The van der Waals surface area contributed by atoms with Crippen LogP contribution in [0.25, 0.3) is 0 Å². The molecule has 37 valence electrons. The average molecular weight is 112 g/mol. The fraction of sp³-hybridized carbons (Fsp3) is 0. The van der Waals surface area contributed by atoms with E-state index in [1.165, 1.54) is 0 Å². The third kappa shape index (κ3) is 3.83. The molecular weight excluding hydrogens is 110 g/mol. The predicted molar refractivity (Wildman–Crippen MR) is 15.4 cm³/mol. The predicted octanol–water partition coefficient (Wildman–Crippen LogP) is -1.28. The lowest BCUT2D eigenvalue weighted by atomic mass is 13.5. The maximum atomic E-state index is 9.13. The Morgan fingerprint density at radius 2 is 1.67 bits per heavy atom. The fourth-order valence-corrected chi connectivity index (χ4v) is 0. The van der Waals surface area contributed by atoms with Crippen LogP contribution in [0.4, 0.5) is 0 Å². The van der Waals surface area contributed by atoms with Gasteiger partial charge in [-0.25, -0.2) is 0 Å². The Labute approximate surface area is 34.4 Å². The van der Waals surface area contributed by atoms with Crippen molar-refractivity contribution in [2.75, 3.05) is 0 Å². The molecule has 0 amide bonds. The quantitative estimate of drug-likeness (QED) is 0.327. The maximum Gasteiger partial charge on any atom is 0.358 e. The van der Waals surface area contributed by atoms with Crippen LogP contribution in [0.15, 0.2) is 0 Å². The molecule has 0 atom stereocenters. The van der Waals surface area contributed by atoms with Gasteiger partial charge in [-0.15, -0.1) is 5.21 Å². The Bertz CT molecular complexity index is 110. The zero-order valence-electron chi connectivity index (χ0n) is 2.58. The minimum Gasteiger partial charge on any atom is -0.272 e. The standard InChI is InChI=1S/H2NO4S/c2-1-6(3,4)5/h1H,(H,3,4,5). The van der Waals surface area contributed by atoms with E-state index >= 15 is 0 Å². The van der Waals surface area contributed by atoms with Gasteiger partial charge in [0.05, 0.1) is 0 Å². The molecule has 2 N–H and O–H groups in total. The largest absolute Gasteiger partial charge is 0.358 e. The van der Waals surface area contributed by atoms with Gasteiger partial charge in [-0.05, 0) is 4.89 Å². The monoisotopic (exact) mass is 112 g/mol. The molecule has 0 aromatic rings. The second-order valence-corrected chi connectivity index (χ2v) is 1.68. The number of hydrogen-bond acceptors (Lipinski definition) is 2. The Hall–Kier alpha value is -0.170. The van der Waals surface area contributed by atoms with Crippen molar-refractivity contribution in [2.24, 2.45) is 0 Å². The van der Waals surface area contributed by atoms with E-state index in [9.17, 15) is 0 Å². The zero-order chi connectivity index (χ0) is 5.21. The van der Waals surface area contributed by atoms with Crippen LogP contribution in [-0.2, 0) is 15.5 Å². The van der Waals surface area contributed by atoms with E-state index in [1.807, 2.05) is 0 Å². The summed E-state index contributed by atoms with van der Waals surface area (Å²) in [6, 6.07) is 0. The van der Waals surface area contributed by atoms with Crippen LogP contribution in [-0.4, -0.2) is 13.0 Å². The van der Waals surface area contributed by atoms with E-state index in [4.69, 9.17) is 18.2 Å². The first-order chi connectivity index (χ1) is 2.56. The first-order valence-electron chi connectivity index (χ1n) is 0.924. The Morgan fingerprint density at radius 1 is 1.50 bits per heavy atom. The van der Waals surface area contributed by atoms with E-state index in [-0.39, 0.29) is 0 Å². The normalized spacial score (nSPS) is 11.7. The van der Waals surface area contributed by atoms with Crippen LogP contribution in [0.1, 0.15) is 0 Å². The fourth-order valence-electron chi connectivity index (χ4n) is 0. The van der Waals surface area contributed by atoms with Gasteiger partial charge in [-0.2, -0.15) is 8.42 Å². The highest BCUT2D eigenvalue weighted by atomic mass is 32.2. The van der Waals surface area contributed by atoms with Crippen molar-refractivity contribution < 1.29 is 18.2 Å². The molecule has 0 aromatic heterocycles. The molecule has 0 heterocycles. The van der Waals surface area contributed by atoms with E-state index in [0.717, 1.165) is 0 Å². The van der Waals surface area contributed by atoms with Gasteiger partial charge in [0.2, 0.25) is 0 Å². The minimum atomic E-state index is -4.47. The summed E-state index contributed by atoms with van der Waals surface area (Å²) in [7, 11) is -4.47. The highest BCUT2D eigenvalue weighted by Crippen LogP contribution is 1.61. The molecule has 0 aliphatic heterocycles. The van der Waals surface area contributed by atoms with Crippen LogP contribution in [0, 0.1) is 0 Å². The van der Waals surface area contributed by atoms with Gasteiger partial charge in [0.15, 0.2) is 0 Å². The summed E-state index contributed by atoms with van der Waals surface area (Å²) in [6.07, 6.45) is 0. The molecule has 0 unspecified atom stereocenters. The summed E-state index contributed by atoms with van der Waals surface area (Å²) in [6.45, 7) is 0. The van der Waals surface area contributed by atoms with E-state index in [2.05, 4.69) is 0 Å². The van der Waals surface area contributed by atoms with Gasteiger partial charge < -0.3 is 0 Å². The van der Waals surface area contributed by atoms with Gasteiger partial charge in [0.1, 0.15) is 0 Å². The topological polar surface area (TPSA) is 86.3 Å². The van der Waals surface area contributed by atoms with Crippen molar-refractivity contribution in [3.05, 3.63) is 0 Å². The van der Waals surface area contributed by atoms with Crippen LogP contribution in [0.3, 0.4) is 0 Å². The lowest BCUT2D eigenvalue weighted by molar-refractivity contribution is 0.132. The molecule has 5 nitrogen and oxygen atoms in total. The molecule has 0 aliphatic carbocycles. The summed E-state index contributed by atoms with van der Waals surface area (Å²) in [5, 5.41) is 8.86. The zero-order valence-corrected chi connectivity index (χ0v) is 3.40. The molecule has 0 spiro atoms. The molecule has 6 heteroatoms. The smallest absolute Gasteiger partial charge is 0.272 e. The number of nitrogens with one attached hydrogen (secondary N) is 1. The molecular formula is H2NO4S. The van der Waals surface area contributed by atoms with Crippen molar-refractivity contribution in [1.29, 1.82) is 0 Å². The third-order valence-corrected chi connectivity index (χ3v) is 0.316. The van der Waals surface area contributed by atoms with Crippen LogP contribution in [0.2, 0.25) is 0 Å². The summed E-state index contributed by atoms with van der Waals surface area (Å²) in [5.74, 6) is 0. The second-order valence-electron chi connectivity index (χ2n) is 0.558. The van der Waals surface area contributed by atoms with E-state index in [0.29, 0.717) is 4.89 Å². The highest BCUT2D eigenvalue weighted by molar-refractivity contribution is 7.83. The summed E-state index contributed by atoms with van der Waals surface area (Å²) in [5.41, 5.74) is 0. The Balaban J connectivity index is 3.85.